The van der Waals surface area contributed by atoms with Crippen molar-refractivity contribution >= 4 is 17.7 Å². The lowest BCUT2D eigenvalue weighted by Gasteiger charge is -2.12. The van der Waals surface area contributed by atoms with Gasteiger partial charge in [-0.25, -0.2) is 9.18 Å². The Morgan fingerprint density at radius 1 is 1.41 bits per heavy atom. The van der Waals surface area contributed by atoms with Crippen molar-refractivity contribution in [3.63, 3.8) is 0 Å². The van der Waals surface area contributed by atoms with Crippen molar-refractivity contribution in [2.24, 2.45) is 0 Å². The molecule has 0 saturated carbocycles. The molecule has 1 aromatic rings. The SMILES string of the molecule is Cc1ccc(F)cc1NC(=O)NC(C)C(=O)O. The Hall–Kier alpha value is -2.11. The zero-order valence-corrected chi connectivity index (χ0v) is 9.45. The maximum absolute atomic E-state index is 12.9. The van der Waals surface area contributed by atoms with E-state index in [9.17, 15) is 14.0 Å². The lowest BCUT2D eigenvalue weighted by Crippen LogP contribution is -2.40. The maximum atomic E-state index is 12.9. The largest absolute Gasteiger partial charge is 0.480 e. The molecule has 0 saturated heterocycles. The number of urea groups is 1. The quantitative estimate of drug-likeness (QED) is 0.752. The molecule has 0 radical (unpaired) electrons. The first-order chi connectivity index (χ1) is 7.90. The first-order valence-electron chi connectivity index (χ1n) is 4.96. The van der Waals surface area contributed by atoms with Gasteiger partial charge in [-0.05, 0) is 31.5 Å². The minimum Gasteiger partial charge on any atom is -0.480 e. The number of carbonyl (C=O) groups is 2. The monoisotopic (exact) mass is 240 g/mol. The summed E-state index contributed by atoms with van der Waals surface area (Å²) in [6, 6.07) is 2.27. The molecule has 0 aliphatic carbocycles. The predicted octanol–water partition coefficient (Wildman–Crippen LogP) is 1.73. The van der Waals surface area contributed by atoms with Gasteiger partial charge >= 0.3 is 12.0 Å². The minimum atomic E-state index is -1.14. The van der Waals surface area contributed by atoms with Crippen molar-refractivity contribution < 1.29 is 19.1 Å². The number of hydrogen-bond donors (Lipinski definition) is 3. The third kappa shape index (κ3) is 3.75. The van der Waals surface area contributed by atoms with Crippen LogP contribution in [-0.4, -0.2) is 23.1 Å². The number of halogens is 1. The average Bonchev–Trinajstić information content (AvgIpc) is 2.23. The highest BCUT2D eigenvalue weighted by molar-refractivity contribution is 5.92. The van der Waals surface area contributed by atoms with E-state index in [0.29, 0.717) is 11.3 Å². The molecule has 1 atom stereocenters. The van der Waals surface area contributed by atoms with Crippen LogP contribution in [-0.2, 0) is 4.79 Å². The van der Waals surface area contributed by atoms with Crippen molar-refractivity contribution in [3.05, 3.63) is 29.6 Å². The standard InChI is InChI=1S/C11H13FN2O3/c1-6-3-4-8(12)5-9(6)14-11(17)13-7(2)10(15)16/h3-5,7H,1-2H3,(H,15,16)(H2,13,14,17). The molecule has 2 amide bonds. The Kier molecular flexibility index (Phi) is 4.03. The summed E-state index contributed by atoms with van der Waals surface area (Å²) in [4.78, 5) is 21.9. The average molecular weight is 240 g/mol. The highest BCUT2D eigenvalue weighted by Crippen LogP contribution is 2.15. The van der Waals surface area contributed by atoms with E-state index < -0.39 is 23.9 Å². The van der Waals surface area contributed by atoms with E-state index in [1.54, 1.807) is 6.92 Å². The first-order valence-corrected chi connectivity index (χ1v) is 4.96. The smallest absolute Gasteiger partial charge is 0.325 e. The van der Waals surface area contributed by atoms with Crippen LogP contribution < -0.4 is 10.6 Å². The minimum absolute atomic E-state index is 0.306. The fourth-order valence-corrected chi connectivity index (χ4v) is 1.15. The second kappa shape index (κ2) is 5.29. The number of anilines is 1. The van der Waals surface area contributed by atoms with Crippen LogP contribution in [0.2, 0.25) is 0 Å². The molecule has 1 rings (SSSR count). The van der Waals surface area contributed by atoms with Crippen LogP contribution in [0.1, 0.15) is 12.5 Å². The van der Waals surface area contributed by atoms with Crippen LogP contribution in [0.5, 0.6) is 0 Å². The van der Waals surface area contributed by atoms with Gasteiger partial charge in [0.2, 0.25) is 0 Å². The maximum Gasteiger partial charge on any atom is 0.325 e. The summed E-state index contributed by atoms with van der Waals surface area (Å²) in [7, 11) is 0. The molecule has 1 unspecified atom stereocenters. The highest BCUT2D eigenvalue weighted by Gasteiger charge is 2.14. The zero-order chi connectivity index (χ0) is 13.0. The fraction of sp³-hybridized carbons (Fsp3) is 0.273. The van der Waals surface area contributed by atoms with Crippen LogP contribution in [0, 0.1) is 12.7 Å². The van der Waals surface area contributed by atoms with E-state index in [4.69, 9.17) is 5.11 Å². The number of rotatable bonds is 3. The third-order valence-electron chi connectivity index (χ3n) is 2.17. The van der Waals surface area contributed by atoms with Crippen LogP contribution in [0.4, 0.5) is 14.9 Å². The predicted molar refractivity (Wildman–Crippen MR) is 60.4 cm³/mol. The van der Waals surface area contributed by atoms with Crippen molar-refractivity contribution in [1.82, 2.24) is 5.32 Å². The highest BCUT2D eigenvalue weighted by atomic mass is 19.1. The molecule has 5 nitrogen and oxygen atoms in total. The molecule has 0 fully saturated rings. The molecular weight excluding hydrogens is 227 g/mol. The van der Waals surface area contributed by atoms with E-state index in [0.717, 1.165) is 0 Å². The van der Waals surface area contributed by atoms with Gasteiger partial charge in [-0.3, -0.25) is 4.79 Å². The number of aliphatic carboxylic acids is 1. The van der Waals surface area contributed by atoms with E-state index >= 15 is 0 Å². The van der Waals surface area contributed by atoms with E-state index in [1.807, 2.05) is 0 Å². The second-order valence-electron chi connectivity index (χ2n) is 3.62. The molecule has 0 bridgehead atoms. The van der Waals surface area contributed by atoms with Gasteiger partial charge in [-0.2, -0.15) is 0 Å². The van der Waals surface area contributed by atoms with Crippen LogP contribution >= 0.6 is 0 Å². The molecule has 0 spiro atoms. The molecule has 1 aromatic carbocycles. The van der Waals surface area contributed by atoms with Gasteiger partial charge in [0.25, 0.3) is 0 Å². The molecular formula is C11H13FN2O3. The number of aryl methyl sites for hydroxylation is 1. The topological polar surface area (TPSA) is 78.4 Å². The molecule has 0 aliphatic rings. The summed E-state index contributed by atoms with van der Waals surface area (Å²) in [5.74, 6) is -1.62. The van der Waals surface area contributed by atoms with Crippen molar-refractivity contribution in [2.45, 2.75) is 19.9 Å². The molecule has 92 valence electrons. The van der Waals surface area contributed by atoms with Gasteiger partial charge in [0.15, 0.2) is 0 Å². The lowest BCUT2D eigenvalue weighted by molar-refractivity contribution is -0.138. The van der Waals surface area contributed by atoms with Crippen LogP contribution in [0.3, 0.4) is 0 Å². The zero-order valence-electron chi connectivity index (χ0n) is 9.45. The van der Waals surface area contributed by atoms with Gasteiger partial charge in [0, 0.05) is 5.69 Å². The Morgan fingerprint density at radius 3 is 2.65 bits per heavy atom. The number of amides is 2. The molecule has 0 heterocycles. The summed E-state index contributed by atoms with van der Waals surface area (Å²) in [6.07, 6.45) is 0. The summed E-state index contributed by atoms with van der Waals surface area (Å²) in [6.45, 7) is 3.04. The van der Waals surface area contributed by atoms with Crippen LogP contribution in [0.25, 0.3) is 0 Å². The van der Waals surface area contributed by atoms with Crippen LogP contribution in [0.15, 0.2) is 18.2 Å². The third-order valence-corrected chi connectivity index (χ3v) is 2.17. The number of nitrogens with one attached hydrogen (secondary N) is 2. The Balaban J connectivity index is 2.68. The Morgan fingerprint density at radius 2 is 2.06 bits per heavy atom. The van der Waals surface area contributed by atoms with E-state index in [1.165, 1.54) is 25.1 Å². The summed E-state index contributed by atoms with van der Waals surface area (Å²) >= 11 is 0. The number of carboxylic acid groups (broad SMARTS) is 1. The number of hydrogen-bond acceptors (Lipinski definition) is 2. The Bertz CT molecular complexity index is 448. The van der Waals surface area contributed by atoms with Gasteiger partial charge in [-0.15, -0.1) is 0 Å². The molecule has 17 heavy (non-hydrogen) atoms. The molecule has 0 aliphatic heterocycles. The summed E-state index contributed by atoms with van der Waals surface area (Å²) < 4.78 is 12.9. The number of carbonyl (C=O) groups excluding carboxylic acids is 1. The van der Waals surface area contributed by atoms with Gasteiger partial charge in [-0.1, -0.05) is 6.07 Å². The number of benzene rings is 1. The first kappa shape index (κ1) is 13.0. The molecule has 0 aromatic heterocycles. The molecule has 6 heteroatoms. The lowest BCUT2D eigenvalue weighted by atomic mass is 10.2. The van der Waals surface area contributed by atoms with Crippen molar-refractivity contribution in [2.75, 3.05) is 5.32 Å². The summed E-state index contributed by atoms with van der Waals surface area (Å²) in [5, 5.41) is 13.2. The van der Waals surface area contributed by atoms with E-state index in [-0.39, 0.29) is 0 Å². The van der Waals surface area contributed by atoms with Crippen molar-refractivity contribution in [1.29, 1.82) is 0 Å². The molecule has 3 N–H and O–H groups in total. The van der Waals surface area contributed by atoms with E-state index in [2.05, 4.69) is 10.6 Å². The van der Waals surface area contributed by atoms with Crippen molar-refractivity contribution in [3.8, 4) is 0 Å². The summed E-state index contributed by atoms with van der Waals surface area (Å²) in [5.41, 5.74) is 0.990. The normalized spacial score (nSPS) is 11.7. The Labute approximate surface area is 97.6 Å². The van der Waals surface area contributed by atoms with Gasteiger partial charge < -0.3 is 15.7 Å². The number of carboxylic acids is 1. The fourth-order valence-electron chi connectivity index (χ4n) is 1.15. The van der Waals surface area contributed by atoms with Gasteiger partial charge in [0.05, 0.1) is 0 Å². The second-order valence-corrected chi connectivity index (χ2v) is 3.62. The van der Waals surface area contributed by atoms with Gasteiger partial charge in [0.1, 0.15) is 11.9 Å².